The smallest absolute Gasteiger partial charge is 0.129 e. The number of fused-ring (bicyclic) bond motifs is 1. The van der Waals surface area contributed by atoms with Crippen molar-refractivity contribution in [1.29, 1.82) is 0 Å². The number of rotatable bonds is 1. The Bertz CT molecular complexity index is 457. The van der Waals surface area contributed by atoms with Crippen molar-refractivity contribution < 1.29 is 14.6 Å². The molecule has 3 atom stereocenters. The fourth-order valence-electron chi connectivity index (χ4n) is 3.37. The van der Waals surface area contributed by atoms with Crippen LogP contribution < -0.4 is 9.47 Å². The SMILES string of the molecule is COc1ccc2c(c1)OC1(CCC(C)C1)CC2O. The quantitative estimate of drug-likeness (QED) is 0.830. The van der Waals surface area contributed by atoms with Crippen LogP contribution in [0.2, 0.25) is 0 Å². The summed E-state index contributed by atoms with van der Waals surface area (Å²) in [4.78, 5) is 0. The van der Waals surface area contributed by atoms with Crippen molar-refractivity contribution in [3.63, 3.8) is 0 Å². The molecule has 0 saturated heterocycles. The molecule has 0 amide bonds. The number of ether oxygens (including phenoxy) is 2. The topological polar surface area (TPSA) is 38.7 Å². The predicted molar refractivity (Wildman–Crippen MR) is 68.9 cm³/mol. The maximum atomic E-state index is 10.3. The predicted octanol–water partition coefficient (Wildman–Crippen LogP) is 3.07. The summed E-state index contributed by atoms with van der Waals surface area (Å²) in [5.74, 6) is 2.26. The van der Waals surface area contributed by atoms with Crippen LogP contribution in [-0.4, -0.2) is 17.8 Å². The molecule has 18 heavy (non-hydrogen) atoms. The van der Waals surface area contributed by atoms with Crippen molar-refractivity contribution in [2.45, 2.75) is 44.3 Å². The lowest BCUT2D eigenvalue weighted by molar-refractivity contribution is -0.0117. The van der Waals surface area contributed by atoms with E-state index < -0.39 is 6.10 Å². The Hall–Kier alpha value is -1.22. The van der Waals surface area contributed by atoms with Gasteiger partial charge in [0.25, 0.3) is 0 Å². The van der Waals surface area contributed by atoms with Crippen LogP contribution in [0.1, 0.15) is 44.3 Å². The number of hydrogen-bond acceptors (Lipinski definition) is 3. The van der Waals surface area contributed by atoms with Gasteiger partial charge in [-0.3, -0.25) is 0 Å². The van der Waals surface area contributed by atoms with Gasteiger partial charge in [0.15, 0.2) is 0 Å². The summed E-state index contributed by atoms with van der Waals surface area (Å²) in [6.45, 7) is 2.26. The van der Waals surface area contributed by atoms with Crippen LogP contribution in [0, 0.1) is 5.92 Å². The molecule has 3 heteroatoms. The van der Waals surface area contributed by atoms with Gasteiger partial charge < -0.3 is 14.6 Å². The Labute approximate surface area is 108 Å². The second-order valence-corrected chi connectivity index (χ2v) is 5.76. The number of aliphatic hydroxyl groups excluding tert-OH is 1. The minimum Gasteiger partial charge on any atom is -0.497 e. The second kappa shape index (κ2) is 4.16. The van der Waals surface area contributed by atoms with E-state index in [-0.39, 0.29) is 5.60 Å². The van der Waals surface area contributed by atoms with Crippen molar-refractivity contribution >= 4 is 0 Å². The van der Waals surface area contributed by atoms with Crippen molar-refractivity contribution in [2.24, 2.45) is 5.92 Å². The minimum absolute atomic E-state index is 0.155. The summed E-state index contributed by atoms with van der Waals surface area (Å²) in [5.41, 5.74) is 0.735. The maximum Gasteiger partial charge on any atom is 0.129 e. The first-order chi connectivity index (χ1) is 8.62. The monoisotopic (exact) mass is 248 g/mol. The van der Waals surface area contributed by atoms with Gasteiger partial charge >= 0.3 is 0 Å². The highest BCUT2D eigenvalue weighted by Gasteiger charge is 2.45. The minimum atomic E-state index is -0.412. The molecule has 3 nitrogen and oxygen atoms in total. The molecule has 1 aliphatic carbocycles. The van der Waals surface area contributed by atoms with Gasteiger partial charge in [-0.2, -0.15) is 0 Å². The van der Waals surface area contributed by atoms with E-state index in [4.69, 9.17) is 9.47 Å². The first-order valence-electron chi connectivity index (χ1n) is 6.67. The summed E-state index contributed by atoms with van der Waals surface area (Å²) < 4.78 is 11.4. The summed E-state index contributed by atoms with van der Waals surface area (Å²) in [6, 6.07) is 5.67. The Morgan fingerprint density at radius 1 is 1.39 bits per heavy atom. The van der Waals surface area contributed by atoms with Gasteiger partial charge in [-0.25, -0.2) is 0 Å². The first kappa shape index (κ1) is 11.8. The molecule has 2 aliphatic rings. The molecular weight excluding hydrogens is 228 g/mol. The Morgan fingerprint density at radius 3 is 2.89 bits per heavy atom. The van der Waals surface area contributed by atoms with E-state index in [0.717, 1.165) is 36.3 Å². The fraction of sp³-hybridized carbons (Fsp3) is 0.600. The van der Waals surface area contributed by atoms with Crippen LogP contribution in [-0.2, 0) is 0 Å². The molecule has 1 aromatic carbocycles. The Kier molecular flexibility index (Phi) is 2.74. The highest BCUT2D eigenvalue weighted by atomic mass is 16.5. The fourth-order valence-corrected chi connectivity index (χ4v) is 3.37. The summed E-state index contributed by atoms with van der Waals surface area (Å²) in [7, 11) is 1.65. The van der Waals surface area contributed by atoms with Crippen LogP contribution >= 0.6 is 0 Å². The van der Waals surface area contributed by atoms with Crippen LogP contribution in [0.25, 0.3) is 0 Å². The van der Waals surface area contributed by atoms with Gasteiger partial charge in [-0.1, -0.05) is 6.92 Å². The average Bonchev–Trinajstić information content (AvgIpc) is 2.69. The molecule has 1 spiro atoms. The Balaban J connectivity index is 1.95. The summed E-state index contributed by atoms with van der Waals surface area (Å²) in [6.07, 6.45) is 3.58. The lowest BCUT2D eigenvalue weighted by Crippen LogP contribution is -2.38. The van der Waals surface area contributed by atoms with E-state index in [2.05, 4.69) is 6.92 Å². The molecule has 1 saturated carbocycles. The number of hydrogen-bond donors (Lipinski definition) is 1. The molecule has 0 bridgehead atoms. The van der Waals surface area contributed by atoms with E-state index >= 15 is 0 Å². The number of methoxy groups -OCH3 is 1. The van der Waals surface area contributed by atoms with E-state index in [1.807, 2.05) is 18.2 Å². The van der Waals surface area contributed by atoms with Crippen molar-refractivity contribution in [3.8, 4) is 11.5 Å². The van der Waals surface area contributed by atoms with Gasteiger partial charge in [0.05, 0.1) is 13.2 Å². The van der Waals surface area contributed by atoms with Crippen LogP contribution in [0.15, 0.2) is 18.2 Å². The summed E-state index contributed by atoms with van der Waals surface area (Å²) in [5, 5.41) is 10.3. The third-order valence-corrected chi connectivity index (χ3v) is 4.28. The zero-order valence-corrected chi connectivity index (χ0v) is 11.0. The molecule has 1 aromatic rings. The zero-order chi connectivity index (χ0) is 12.8. The van der Waals surface area contributed by atoms with Gasteiger partial charge in [-0.05, 0) is 37.3 Å². The molecule has 3 unspecified atom stereocenters. The van der Waals surface area contributed by atoms with Crippen LogP contribution in [0.4, 0.5) is 0 Å². The second-order valence-electron chi connectivity index (χ2n) is 5.76. The molecule has 3 rings (SSSR count). The highest BCUT2D eigenvalue weighted by Crippen LogP contribution is 2.49. The zero-order valence-electron chi connectivity index (χ0n) is 11.0. The van der Waals surface area contributed by atoms with E-state index in [9.17, 15) is 5.11 Å². The molecule has 0 aromatic heterocycles. The van der Waals surface area contributed by atoms with Crippen molar-refractivity contribution in [2.75, 3.05) is 7.11 Å². The van der Waals surface area contributed by atoms with Gasteiger partial charge in [-0.15, -0.1) is 0 Å². The van der Waals surface area contributed by atoms with E-state index in [1.165, 1.54) is 6.42 Å². The third kappa shape index (κ3) is 1.87. The normalized spacial score (nSPS) is 34.2. The lowest BCUT2D eigenvalue weighted by Gasteiger charge is -2.38. The average molecular weight is 248 g/mol. The molecular formula is C15H20O3. The first-order valence-corrected chi connectivity index (χ1v) is 6.67. The number of aliphatic hydroxyl groups is 1. The third-order valence-electron chi connectivity index (χ3n) is 4.28. The molecule has 1 N–H and O–H groups in total. The van der Waals surface area contributed by atoms with Crippen LogP contribution in [0.5, 0.6) is 11.5 Å². The largest absolute Gasteiger partial charge is 0.497 e. The maximum absolute atomic E-state index is 10.3. The lowest BCUT2D eigenvalue weighted by atomic mass is 9.87. The molecule has 98 valence electrons. The molecule has 1 heterocycles. The van der Waals surface area contributed by atoms with Crippen molar-refractivity contribution in [1.82, 2.24) is 0 Å². The molecule has 0 radical (unpaired) electrons. The molecule has 1 aliphatic heterocycles. The van der Waals surface area contributed by atoms with Gasteiger partial charge in [0, 0.05) is 18.1 Å². The number of benzene rings is 1. The van der Waals surface area contributed by atoms with Gasteiger partial charge in [0.2, 0.25) is 0 Å². The highest BCUT2D eigenvalue weighted by molar-refractivity contribution is 5.44. The van der Waals surface area contributed by atoms with Crippen LogP contribution in [0.3, 0.4) is 0 Å². The summed E-state index contributed by atoms with van der Waals surface area (Å²) >= 11 is 0. The van der Waals surface area contributed by atoms with Gasteiger partial charge in [0.1, 0.15) is 17.1 Å². The van der Waals surface area contributed by atoms with E-state index in [1.54, 1.807) is 7.11 Å². The standard InChI is InChI=1S/C15H20O3/c1-10-5-6-15(8-10)9-13(16)12-4-3-11(17-2)7-14(12)18-15/h3-4,7,10,13,16H,5-6,8-9H2,1-2H3. The van der Waals surface area contributed by atoms with E-state index in [0.29, 0.717) is 5.92 Å². The molecule has 1 fully saturated rings. The van der Waals surface area contributed by atoms with Crippen molar-refractivity contribution in [3.05, 3.63) is 23.8 Å². The Morgan fingerprint density at radius 2 is 2.22 bits per heavy atom.